The Hall–Kier alpha value is -1.62. The number of hydrogen-bond donors (Lipinski definition) is 2. The largest absolute Gasteiger partial charge is 0.397 e. The Kier molecular flexibility index (Phi) is 4.89. The van der Waals surface area contributed by atoms with E-state index in [1.165, 1.54) is 0 Å². The molecule has 0 saturated carbocycles. The van der Waals surface area contributed by atoms with Crippen LogP contribution in [-0.4, -0.2) is 43.0 Å². The Morgan fingerprint density at radius 1 is 1.47 bits per heavy atom. The number of carbonyl (C=O) groups is 1. The van der Waals surface area contributed by atoms with Gasteiger partial charge in [0.15, 0.2) is 0 Å². The van der Waals surface area contributed by atoms with Crippen LogP contribution in [0.2, 0.25) is 0 Å². The van der Waals surface area contributed by atoms with Crippen molar-refractivity contribution >= 4 is 11.6 Å². The molecule has 1 amide bonds. The van der Waals surface area contributed by atoms with E-state index in [1.54, 1.807) is 19.2 Å². The number of aryl methyl sites for hydroxylation is 1. The molecular formula is C14H24N4O. The molecule has 0 aliphatic carbocycles. The first kappa shape index (κ1) is 15.4. The minimum Gasteiger partial charge on any atom is -0.397 e. The number of carbonyl (C=O) groups excluding carboxylic acids is 1. The first-order chi connectivity index (χ1) is 8.71. The highest BCUT2D eigenvalue weighted by molar-refractivity contribution is 5.95. The summed E-state index contributed by atoms with van der Waals surface area (Å²) in [5.41, 5.74) is 7.42. The number of amides is 1. The van der Waals surface area contributed by atoms with Gasteiger partial charge in [-0.15, -0.1) is 0 Å². The second kappa shape index (κ2) is 6.02. The molecule has 0 aromatic carbocycles. The summed E-state index contributed by atoms with van der Waals surface area (Å²) < 4.78 is 0. The number of aromatic nitrogens is 1. The van der Waals surface area contributed by atoms with Crippen molar-refractivity contribution in [2.45, 2.75) is 20.8 Å². The van der Waals surface area contributed by atoms with Crippen LogP contribution in [0.15, 0.2) is 12.3 Å². The molecule has 5 nitrogen and oxygen atoms in total. The lowest BCUT2D eigenvalue weighted by molar-refractivity contribution is 0.0928. The zero-order chi connectivity index (χ0) is 14.6. The lowest BCUT2D eigenvalue weighted by atomic mass is 9.93. The fraction of sp³-hybridized carbons (Fsp3) is 0.571. The monoisotopic (exact) mass is 264 g/mol. The van der Waals surface area contributed by atoms with Crippen molar-refractivity contribution in [1.29, 1.82) is 0 Å². The van der Waals surface area contributed by atoms with Gasteiger partial charge in [0, 0.05) is 13.1 Å². The molecule has 1 aromatic rings. The van der Waals surface area contributed by atoms with Crippen LogP contribution in [0.25, 0.3) is 0 Å². The van der Waals surface area contributed by atoms with E-state index in [4.69, 9.17) is 5.73 Å². The van der Waals surface area contributed by atoms with Gasteiger partial charge in [-0.2, -0.15) is 0 Å². The summed E-state index contributed by atoms with van der Waals surface area (Å²) in [6.07, 6.45) is 1.56. The van der Waals surface area contributed by atoms with E-state index in [2.05, 4.69) is 29.0 Å². The predicted octanol–water partition coefficient (Wildman–Crippen LogP) is 1.29. The number of nitrogens with zero attached hydrogens (tertiary/aromatic N) is 2. The van der Waals surface area contributed by atoms with Crippen LogP contribution in [0.1, 0.15) is 29.9 Å². The fourth-order valence-corrected chi connectivity index (χ4v) is 2.11. The van der Waals surface area contributed by atoms with Crippen LogP contribution < -0.4 is 11.1 Å². The average Bonchev–Trinajstić information content (AvgIpc) is 2.27. The van der Waals surface area contributed by atoms with Crippen molar-refractivity contribution in [3.05, 3.63) is 23.5 Å². The molecule has 1 heterocycles. The molecule has 3 N–H and O–H groups in total. The molecule has 0 saturated heterocycles. The highest BCUT2D eigenvalue weighted by atomic mass is 16.1. The molecule has 106 valence electrons. The van der Waals surface area contributed by atoms with Gasteiger partial charge >= 0.3 is 0 Å². The van der Waals surface area contributed by atoms with Crippen LogP contribution >= 0.6 is 0 Å². The lowest BCUT2D eigenvalue weighted by Crippen LogP contribution is -2.40. The minimum atomic E-state index is -0.121. The Labute approximate surface area is 115 Å². The molecule has 0 aliphatic heterocycles. The predicted molar refractivity (Wildman–Crippen MR) is 78.1 cm³/mol. The fourth-order valence-electron chi connectivity index (χ4n) is 2.11. The van der Waals surface area contributed by atoms with E-state index in [0.29, 0.717) is 23.5 Å². The first-order valence-electron chi connectivity index (χ1n) is 6.36. The molecule has 0 spiro atoms. The maximum Gasteiger partial charge on any atom is 0.253 e. The smallest absolute Gasteiger partial charge is 0.253 e. The van der Waals surface area contributed by atoms with Crippen LogP contribution in [0.5, 0.6) is 0 Å². The van der Waals surface area contributed by atoms with E-state index >= 15 is 0 Å². The molecule has 0 aliphatic rings. The molecule has 0 atom stereocenters. The molecular weight excluding hydrogens is 240 g/mol. The van der Waals surface area contributed by atoms with Gasteiger partial charge in [0.1, 0.15) is 0 Å². The van der Waals surface area contributed by atoms with Crippen LogP contribution in [0.4, 0.5) is 5.69 Å². The second-order valence-corrected chi connectivity index (χ2v) is 5.99. The van der Waals surface area contributed by atoms with Gasteiger partial charge in [-0.25, -0.2) is 0 Å². The highest BCUT2D eigenvalue weighted by Crippen LogP contribution is 2.15. The number of pyridine rings is 1. The summed E-state index contributed by atoms with van der Waals surface area (Å²) in [6.45, 7) is 7.56. The second-order valence-electron chi connectivity index (χ2n) is 5.99. The Bertz CT molecular complexity index is 455. The van der Waals surface area contributed by atoms with E-state index in [9.17, 15) is 4.79 Å². The molecule has 5 heteroatoms. The third-order valence-electron chi connectivity index (χ3n) is 2.82. The van der Waals surface area contributed by atoms with Gasteiger partial charge in [0.2, 0.25) is 0 Å². The standard InChI is InChI=1S/C14H24N4O/c1-10-12(6-11(15)7-16-10)13(19)17-8-14(2,3)9-18(4)5/h6-7H,8-9,15H2,1-5H3,(H,17,19). The summed E-state index contributed by atoms with van der Waals surface area (Å²) in [6, 6.07) is 1.66. The zero-order valence-electron chi connectivity index (χ0n) is 12.4. The van der Waals surface area contributed by atoms with E-state index in [1.807, 2.05) is 14.1 Å². The number of nitrogens with one attached hydrogen (secondary N) is 1. The Morgan fingerprint density at radius 2 is 2.11 bits per heavy atom. The molecule has 0 radical (unpaired) electrons. The molecule has 0 unspecified atom stereocenters. The quantitative estimate of drug-likeness (QED) is 0.840. The van der Waals surface area contributed by atoms with E-state index in [0.717, 1.165) is 6.54 Å². The van der Waals surface area contributed by atoms with E-state index in [-0.39, 0.29) is 11.3 Å². The third-order valence-corrected chi connectivity index (χ3v) is 2.82. The molecule has 1 rings (SSSR count). The number of hydrogen-bond acceptors (Lipinski definition) is 4. The van der Waals surface area contributed by atoms with Crippen molar-refractivity contribution in [3.8, 4) is 0 Å². The van der Waals surface area contributed by atoms with Gasteiger partial charge in [0.25, 0.3) is 5.91 Å². The number of anilines is 1. The first-order valence-corrected chi connectivity index (χ1v) is 6.36. The number of nitrogen functional groups attached to an aromatic ring is 1. The maximum absolute atomic E-state index is 12.1. The van der Waals surface area contributed by atoms with Gasteiger partial charge < -0.3 is 16.0 Å². The Balaban J connectivity index is 2.68. The minimum absolute atomic E-state index is 0.0147. The topological polar surface area (TPSA) is 71.2 Å². The van der Waals surface area contributed by atoms with Crippen LogP contribution in [0.3, 0.4) is 0 Å². The lowest BCUT2D eigenvalue weighted by Gasteiger charge is -2.28. The number of nitrogens with two attached hydrogens (primary N) is 1. The summed E-state index contributed by atoms with van der Waals surface area (Å²) in [5, 5.41) is 2.95. The van der Waals surface area contributed by atoms with Gasteiger partial charge in [-0.1, -0.05) is 13.8 Å². The van der Waals surface area contributed by atoms with Crippen molar-refractivity contribution < 1.29 is 4.79 Å². The SMILES string of the molecule is Cc1ncc(N)cc1C(=O)NCC(C)(C)CN(C)C. The summed E-state index contributed by atoms with van der Waals surface area (Å²) in [4.78, 5) is 18.3. The van der Waals surface area contributed by atoms with Gasteiger partial charge in [-0.05, 0) is 32.5 Å². The van der Waals surface area contributed by atoms with Crippen LogP contribution in [0, 0.1) is 12.3 Å². The zero-order valence-corrected chi connectivity index (χ0v) is 12.4. The van der Waals surface area contributed by atoms with Crippen molar-refractivity contribution in [1.82, 2.24) is 15.2 Å². The molecule has 1 aromatic heterocycles. The number of rotatable bonds is 5. The van der Waals surface area contributed by atoms with E-state index < -0.39 is 0 Å². The van der Waals surface area contributed by atoms with Crippen LogP contribution in [-0.2, 0) is 0 Å². The molecule has 0 fully saturated rings. The highest BCUT2D eigenvalue weighted by Gasteiger charge is 2.20. The summed E-state index contributed by atoms with van der Waals surface area (Å²) in [7, 11) is 4.05. The third kappa shape index (κ3) is 4.87. The maximum atomic E-state index is 12.1. The van der Waals surface area contributed by atoms with Crippen molar-refractivity contribution in [3.63, 3.8) is 0 Å². The summed E-state index contributed by atoms with van der Waals surface area (Å²) in [5.74, 6) is -0.121. The van der Waals surface area contributed by atoms with Gasteiger partial charge in [-0.3, -0.25) is 9.78 Å². The Morgan fingerprint density at radius 3 is 2.68 bits per heavy atom. The summed E-state index contributed by atoms with van der Waals surface area (Å²) >= 11 is 0. The normalized spacial score (nSPS) is 11.7. The van der Waals surface area contributed by atoms with Gasteiger partial charge in [0.05, 0.1) is 23.1 Å². The molecule has 0 bridgehead atoms. The van der Waals surface area contributed by atoms with Crippen molar-refractivity contribution in [2.24, 2.45) is 5.41 Å². The molecule has 19 heavy (non-hydrogen) atoms. The average molecular weight is 264 g/mol. The van der Waals surface area contributed by atoms with Crippen molar-refractivity contribution in [2.75, 3.05) is 32.9 Å².